The van der Waals surface area contributed by atoms with Crippen molar-refractivity contribution in [2.45, 2.75) is 75.8 Å². The maximum absolute atomic E-state index is 13.1. The van der Waals surface area contributed by atoms with E-state index in [-0.39, 0.29) is 42.5 Å². The average Bonchev–Trinajstić information content (AvgIpc) is 3.38. The third kappa shape index (κ3) is 3.05. The lowest BCUT2D eigenvalue weighted by molar-refractivity contribution is -0.207. The molecule has 2 aliphatic carbocycles. The Balaban J connectivity index is 1.39. The van der Waals surface area contributed by atoms with Crippen LogP contribution in [0.4, 0.5) is 0 Å². The normalized spacial score (nSPS) is 41.7. The second-order valence-corrected chi connectivity index (χ2v) is 9.89. The van der Waals surface area contributed by atoms with E-state index in [0.717, 1.165) is 19.3 Å². The van der Waals surface area contributed by atoms with Gasteiger partial charge in [-0.05, 0) is 57.1 Å². The van der Waals surface area contributed by atoms with Crippen LogP contribution in [0.3, 0.4) is 0 Å². The molecule has 5 rings (SSSR count). The number of carbonyl (C=O) groups excluding carboxylic acids is 1. The maximum Gasteiger partial charge on any atom is 0.310 e. The first-order chi connectivity index (χ1) is 14.4. The minimum Gasteiger partial charge on any atom is -0.454 e. The Bertz CT molecular complexity index is 864. The third-order valence-electron chi connectivity index (χ3n) is 7.85. The molecule has 1 aromatic rings. The summed E-state index contributed by atoms with van der Waals surface area (Å²) < 4.78 is 18.9. The molecule has 7 atom stereocenters. The summed E-state index contributed by atoms with van der Waals surface area (Å²) in [6.07, 6.45) is 3.06. The number of aliphatic hydroxyl groups excluding tert-OH is 1. The molecule has 2 bridgehead atoms. The highest BCUT2D eigenvalue weighted by atomic mass is 16.6. The van der Waals surface area contributed by atoms with Crippen LogP contribution in [0.15, 0.2) is 41.5 Å². The summed E-state index contributed by atoms with van der Waals surface area (Å²) in [5.74, 6) is 0.291. The molecule has 5 nitrogen and oxygen atoms in total. The van der Waals surface area contributed by atoms with Gasteiger partial charge in [0, 0.05) is 12.3 Å². The van der Waals surface area contributed by atoms with Crippen LogP contribution < -0.4 is 0 Å². The minimum atomic E-state index is -0.598. The van der Waals surface area contributed by atoms with E-state index in [1.807, 2.05) is 18.2 Å². The minimum absolute atomic E-state index is 0.00332. The molecule has 1 aromatic carbocycles. The lowest BCUT2D eigenvalue weighted by atomic mass is 9.77. The van der Waals surface area contributed by atoms with Crippen molar-refractivity contribution in [1.29, 1.82) is 0 Å². The number of rotatable bonds is 6. The number of aliphatic hydroxyl groups is 1. The Morgan fingerprint density at radius 3 is 2.77 bits per heavy atom. The summed E-state index contributed by atoms with van der Waals surface area (Å²) in [5, 5.41) is 9.26. The van der Waals surface area contributed by atoms with Gasteiger partial charge in [0.2, 0.25) is 0 Å². The van der Waals surface area contributed by atoms with Crippen LogP contribution in [0, 0.1) is 11.8 Å². The molecule has 2 saturated heterocycles. The van der Waals surface area contributed by atoms with Crippen LogP contribution in [0.25, 0.3) is 0 Å². The number of ether oxygens (including phenoxy) is 3. The van der Waals surface area contributed by atoms with Gasteiger partial charge in [-0.1, -0.05) is 35.9 Å². The monoisotopic (exact) mass is 412 g/mol. The quantitative estimate of drug-likeness (QED) is 0.569. The number of carbonyl (C=O) groups is 1. The van der Waals surface area contributed by atoms with Gasteiger partial charge in [-0.2, -0.15) is 0 Å². The molecular weight excluding hydrogens is 380 g/mol. The van der Waals surface area contributed by atoms with Crippen molar-refractivity contribution in [2.24, 2.45) is 11.8 Å². The van der Waals surface area contributed by atoms with Crippen molar-refractivity contribution >= 4 is 5.97 Å². The summed E-state index contributed by atoms with van der Waals surface area (Å²) >= 11 is 0. The van der Waals surface area contributed by atoms with Crippen molar-refractivity contribution in [1.82, 2.24) is 0 Å². The van der Waals surface area contributed by atoms with Crippen LogP contribution >= 0.6 is 0 Å². The number of fused-ring (bicyclic) bond motifs is 4. The van der Waals surface area contributed by atoms with E-state index in [9.17, 15) is 9.90 Å². The molecule has 4 aliphatic rings. The van der Waals surface area contributed by atoms with E-state index in [0.29, 0.717) is 13.0 Å². The lowest BCUT2D eigenvalue weighted by Gasteiger charge is -2.47. The van der Waals surface area contributed by atoms with Crippen molar-refractivity contribution in [3.8, 4) is 0 Å². The first-order valence-electron chi connectivity index (χ1n) is 11.2. The fourth-order valence-corrected chi connectivity index (χ4v) is 6.26. The predicted molar refractivity (Wildman–Crippen MR) is 112 cm³/mol. The van der Waals surface area contributed by atoms with E-state index in [4.69, 9.17) is 14.2 Å². The zero-order valence-electron chi connectivity index (χ0n) is 18.1. The first-order valence-corrected chi connectivity index (χ1v) is 11.2. The maximum atomic E-state index is 13.1. The van der Waals surface area contributed by atoms with Gasteiger partial charge in [0.05, 0.1) is 30.8 Å². The topological polar surface area (TPSA) is 65.0 Å². The van der Waals surface area contributed by atoms with Gasteiger partial charge in [-0.15, -0.1) is 0 Å². The summed E-state index contributed by atoms with van der Waals surface area (Å²) in [6.45, 7) is 6.66. The highest BCUT2D eigenvalue weighted by molar-refractivity contribution is 5.78. The largest absolute Gasteiger partial charge is 0.454 e. The van der Waals surface area contributed by atoms with Crippen molar-refractivity contribution in [3.05, 3.63) is 47.0 Å². The average molecular weight is 413 g/mol. The zero-order valence-corrected chi connectivity index (χ0v) is 18.1. The number of hydrogen-bond donors (Lipinski definition) is 1. The molecule has 0 amide bonds. The van der Waals surface area contributed by atoms with Gasteiger partial charge in [-0.25, -0.2) is 0 Å². The number of hydrogen-bond acceptors (Lipinski definition) is 5. The van der Waals surface area contributed by atoms with E-state index >= 15 is 0 Å². The number of esters is 1. The molecule has 2 aliphatic heterocycles. The Labute approximate surface area is 178 Å². The Hall–Kier alpha value is -1.69. The molecular formula is C25H32O5. The molecule has 0 aromatic heterocycles. The van der Waals surface area contributed by atoms with Crippen LogP contribution in [-0.2, 0) is 19.0 Å². The molecule has 7 unspecified atom stereocenters. The van der Waals surface area contributed by atoms with E-state index in [1.54, 1.807) is 0 Å². The third-order valence-corrected chi connectivity index (χ3v) is 7.85. The smallest absolute Gasteiger partial charge is 0.310 e. The van der Waals surface area contributed by atoms with E-state index in [2.05, 4.69) is 32.9 Å². The van der Waals surface area contributed by atoms with Crippen LogP contribution in [0.2, 0.25) is 0 Å². The predicted octanol–water partition coefficient (Wildman–Crippen LogP) is 3.76. The zero-order chi connectivity index (χ0) is 21.1. The molecule has 0 radical (unpaired) electrons. The van der Waals surface area contributed by atoms with Crippen molar-refractivity contribution in [3.63, 3.8) is 0 Å². The molecule has 0 spiro atoms. The Morgan fingerprint density at radius 1 is 1.27 bits per heavy atom. The molecule has 162 valence electrons. The molecule has 30 heavy (non-hydrogen) atoms. The Morgan fingerprint density at radius 2 is 2.03 bits per heavy atom. The highest BCUT2D eigenvalue weighted by Gasteiger charge is 2.67. The lowest BCUT2D eigenvalue weighted by Crippen LogP contribution is -2.55. The molecule has 1 N–H and O–H groups in total. The van der Waals surface area contributed by atoms with Gasteiger partial charge in [0.25, 0.3) is 0 Å². The van der Waals surface area contributed by atoms with E-state index in [1.165, 1.54) is 16.7 Å². The van der Waals surface area contributed by atoms with Gasteiger partial charge in [0.1, 0.15) is 5.60 Å². The van der Waals surface area contributed by atoms with Gasteiger partial charge in [0.15, 0.2) is 6.10 Å². The fourth-order valence-electron chi connectivity index (χ4n) is 6.26. The Kier molecular flexibility index (Phi) is 4.84. The number of benzene rings is 1. The highest BCUT2D eigenvalue weighted by Crippen LogP contribution is 2.60. The van der Waals surface area contributed by atoms with Crippen molar-refractivity contribution in [2.75, 3.05) is 13.2 Å². The second kappa shape index (κ2) is 7.18. The van der Waals surface area contributed by atoms with Gasteiger partial charge in [-0.3, -0.25) is 4.79 Å². The summed E-state index contributed by atoms with van der Waals surface area (Å²) in [4.78, 5) is 13.1. The molecule has 1 saturated carbocycles. The van der Waals surface area contributed by atoms with Crippen LogP contribution in [-0.4, -0.2) is 47.7 Å². The number of allylic oxidation sites excluding steroid dienone is 1. The SMILES string of the molecule is CC1=C2C(OC(=O)C3CC3c3ccccc3)C3(C)CC(OCCO)C(C)(O3)C2CC1. The van der Waals surface area contributed by atoms with Crippen molar-refractivity contribution < 1.29 is 24.1 Å². The standard InChI is InChI=1S/C25H32O5/c1-15-9-10-19-21(15)22(24(2)14-20(28-12-11-26)25(19,3)30-24)29-23(27)18-13-17(18)16-7-5-4-6-8-16/h4-8,17-20,22,26H,9-14H2,1-3H3. The first kappa shape index (κ1) is 20.2. The van der Waals surface area contributed by atoms with Gasteiger partial charge < -0.3 is 19.3 Å². The summed E-state index contributed by atoms with van der Waals surface area (Å²) in [7, 11) is 0. The van der Waals surface area contributed by atoms with Gasteiger partial charge >= 0.3 is 5.97 Å². The molecule has 2 heterocycles. The summed E-state index contributed by atoms with van der Waals surface area (Å²) in [5.41, 5.74) is 2.76. The fraction of sp³-hybridized carbons (Fsp3) is 0.640. The van der Waals surface area contributed by atoms with Crippen LogP contribution in [0.5, 0.6) is 0 Å². The van der Waals surface area contributed by atoms with Crippen LogP contribution in [0.1, 0.15) is 57.9 Å². The van der Waals surface area contributed by atoms with E-state index < -0.39 is 11.2 Å². The molecule has 3 fully saturated rings. The summed E-state index contributed by atoms with van der Waals surface area (Å²) in [6, 6.07) is 10.2. The molecule has 5 heteroatoms. The second-order valence-electron chi connectivity index (χ2n) is 9.89.